The summed E-state index contributed by atoms with van der Waals surface area (Å²) in [4.78, 5) is 17.0. The van der Waals surface area contributed by atoms with Crippen molar-refractivity contribution in [2.24, 2.45) is 0 Å². The van der Waals surface area contributed by atoms with Gasteiger partial charge >= 0.3 is 6.18 Å². The van der Waals surface area contributed by atoms with Crippen molar-refractivity contribution in [2.45, 2.75) is 44.3 Å². The number of rotatable bonds is 5. The molecule has 0 spiro atoms. The molecular weight excluding hydrogens is 339 g/mol. The maximum Gasteiger partial charge on any atom is 0.413 e. The third-order valence-electron chi connectivity index (χ3n) is 4.33. The second-order valence-corrected chi connectivity index (χ2v) is 6.53. The zero-order valence-corrected chi connectivity index (χ0v) is 14.0. The molecule has 1 atom stereocenters. The summed E-state index contributed by atoms with van der Waals surface area (Å²) in [5.74, 6) is -0.660. The minimum absolute atomic E-state index is 0.0808. The Balaban J connectivity index is 2.02. The minimum atomic E-state index is -4.67. The Morgan fingerprint density at radius 3 is 2.68 bits per heavy atom. The van der Waals surface area contributed by atoms with Crippen molar-refractivity contribution < 1.29 is 27.2 Å². The van der Waals surface area contributed by atoms with E-state index < -0.39 is 24.2 Å². The highest BCUT2D eigenvalue weighted by molar-refractivity contribution is 6.06. The Morgan fingerprint density at radius 1 is 1.44 bits per heavy atom. The van der Waals surface area contributed by atoms with Crippen LogP contribution in [0.25, 0.3) is 11.1 Å². The second kappa shape index (κ2) is 5.98. The Labute approximate surface area is 141 Å². The van der Waals surface area contributed by atoms with Gasteiger partial charge in [0, 0.05) is 18.7 Å². The number of carbonyl (C=O) groups is 1. The van der Waals surface area contributed by atoms with Crippen LogP contribution >= 0.6 is 0 Å². The molecule has 0 aliphatic heterocycles. The van der Waals surface area contributed by atoms with Crippen LogP contribution in [-0.4, -0.2) is 41.5 Å². The topological polar surface area (TPSA) is 77.2 Å². The van der Waals surface area contributed by atoms with Crippen LogP contribution in [0.2, 0.25) is 0 Å². The van der Waals surface area contributed by atoms with Gasteiger partial charge in [0.25, 0.3) is 11.6 Å². The van der Waals surface area contributed by atoms with E-state index in [1.165, 1.54) is 6.07 Å². The third-order valence-corrected chi connectivity index (χ3v) is 4.33. The molecule has 1 fully saturated rings. The maximum absolute atomic E-state index is 13.4. The van der Waals surface area contributed by atoms with E-state index in [-0.39, 0.29) is 17.2 Å². The normalized spacial score (nSPS) is 17.5. The first-order valence-corrected chi connectivity index (χ1v) is 7.81. The molecule has 0 bridgehead atoms. The van der Waals surface area contributed by atoms with Gasteiger partial charge in [0.1, 0.15) is 0 Å². The van der Waals surface area contributed by atoms with E-state index in [4.69, 9.17) is 4.52 Å². The predicted molar refractivity (Wildman–Crippen MR) is 82.3 cm³/mol. The van der Waals surface area contributed by atoms with E-state index >= 15 is 0 Å². The number of alkyl halides is 3. The van der Waals surface area contributed by atoms with E-state index in [0.717, 1.165) is 26.9 Å². The molecule has 1 unspecified atom stereocenters. The van der Waals surface area contributed by atoms with Gasteiger partial charge in [-0.3, -0.25) is 4.79 Å². The lowest BCUT2D eigenvalue weighted by molar-refractivity contribution is -0.200. The second-order valence-electron chi connectivity index (χ2n) is 6.53. The quantitative estimate of drug-likeness (QED) is 0.890. The van der Waals surface area contributed by atoms with Crippen molar-refractivity contribution >= 4 is 17.0 Å². The summed E-state index contributed by atoms with van der Waals surface area (Å²) < 4.78 is 49.9. The lowest BCUT2D eigenvalue weighted by Gasteiger charge is -2.32. The van der Waals surface area contributed by atoms with Crippen molar-refractivity contribution in [2.75, 3.05) is 13.7 Å². The maximum atomic E-state index is 13.4. The highest BCUT2D eigenvalue weighted by atomic mass is 19.4. The van der Waals surface area contributed by atoms with Crippen LogP contribution in [0, 0.1) is 6.92 Å². The van der Waals surface area contributed by atoms with E-state index in [9.17, 15) is 18.0 Å². The number of pyridine rings is 1. The molecule has 1 N–H and O–H groups in total. The minimum Gasteiger partial charge on any atom is -0.382 e. The molecule has 6 nitrogen and oxygen atoms in total. The van der Waals surface area contributed by atoms with Crippen molar-refractivity contribution in [1.82, 2.24) is 15.5 Å². The number of ether oxygens (including phenoxy) is 1. The number of aryl methyl sites for hydroxylation is 1. The van der Waals surface area contributed by atoms with Gasteiger partial charge in [-0.25, -0.2) is 4.98 Å². The summed E-state index contributed by atoms with van der Waals surface area (Å²) >= 11 is 0. The fourth-order valence-electron chi connectivity index (χ4n) is 2.68. The third kappa shape index (κ3) is 3.20. The number of aromatic nitrogens is 2. The number of methoxy groups -OCH3 is 1. The summed E-state index contributed by atoms with van der Waals surface area (Å²) in [7, 11) is 1.15. The standard InChI is InChI=1S/C16H18F3N3O3/c1-8-12-10(6-11(9-4-5-9)20-14(12)25-22-8)13(23)21-15(2,7-24-3)16(17,18)19/h6,9H,4-5,7H2,1-3H3,(H,21,23). The van der Waals surface area contributed by atoms with Gasteiger partial charge in [0.05, 0.1) is 23.3 Å². The van der Waals surface area contributed by atoms with Crippen molar-refractivity contribution in [1.29, 1.82) is 0 Å². The number of hydrogen-bond acceptors (Lipinski definition) is 5. The van der Waals surface area contributed by atoms with Crippen LogP contribution < -0.4 is 5.32 Å². The van der Waals surface area contributed by atoms with E-state index in [1.54, 1.807) is 6.92 Å². The van der Waals surface area contributed by atoms with Crippen LogP contribution in [0.15, 0.2) is 10.6 Å². The first-order chi connectivity index (χ1) is 11.7. The molecule has 2 aromatic heterocycles. The SMILES string of the molecule is COCC(C)(NC(=O)c1cc(C2CC2)nc2onc(C)c12)C(F)(F)F. The molecule has 0 radical (unpaired) electrons. The monoisotopic (exact) mass is 357 g/mol. The van der Waals surface area contributed by atoms with Gasteiger partial charge in [-0.15, -0.1) is 0 Å². The molecule has 0 aromatic carbocycles. The van der Waals surface area contributed by atoms with Gasteiger partial charge in [0.2, 0.25) is 0 Å². The number of fused-ring (bicyclic) bond motifs is 1. The molecule has 136 valence electrons. The Kier molecular flexibility index (Phi) is 4.22. The fourth-order valence-corrected chi connectivity index (χ4v) is 2.68. The molecule has 1 aliphatic carbocycles. The molecule has 1 amide bonds. The fraction of sp³-hybridized carbons (Fsp3) is 0.562. The molecule has 1 aliphatic rings. The van der Waals surface area contributed by atoms with E-state index in [2.05, 4.69) is 20.2 Å². The first-order valence-electron chi connectivity index (χ1n) is 7.81. The number of nitrogens with zero attached hydrogens (tertiary/aromatic N) is 2. The summed E-state index contributed by atoms with van der Waals surface area (Å²) in [5.41, 5.74) is -1.24. The van der Waals surface area contributed by atoms with Gasteiger partial charge in [-0.1, -0.05) is 5.16 Å². The molecule has 9 heteroatoms. The molecule has 2 heterocycles. The van der Waals surface area contributed by atoms with Crippen LogP contribution in [0.4, 0.5) is 13.2 Å². The number of hydrogen-bond donors (Lipinski definition) is 1. The van der Waals surface area contributed by atoms with Crippen LogP contribution in [-0.2, 0) is 4.74 Å². The lowest BCUT2D eigenvalue weighted by atomic mass is 10.0. The smallest absolute Gasteiger partial charge is 0.382 e. The molecule has 0 saturated heterocycles. The zero-order valence-electron chi connectivity index (χ0n) is 14.0. The molecular formula is C16H18F3N3O3. The summed E-state index contributed by atoms with van der Waals surface area (Å²) in [6.45, 7) is 1.79. The predicted octanol–water partition coefficient (Wildman–Crippen LogP) is 3.11. The summed E-state index contributed by atoms with van der Waals surface area (Å²) in [6, 6.07) is 1.53. The Bertz CT molecular complexity index is 814. The number of halogens is 3. The van der Waals surface area contributed by atoms with Crippen LogP contribution in [0.5, 0.6) is 0 Å². The van der Waals surface area contributed by atoms with Crippen molar-refractivity contribution in [3.8, 4) is 0 Å². The zero-order chi connectivity index (χ0) is 18.4. The van der Waals surface area contributed by atoms with Gasteiger partial charge in [-0.05, 0) is 32.8 Å². The van der Waals surface area contributed by atoms with Crippen molar-refractivity contribution in [3.05, 3.63) is 23.0 Å². The Hall–Kier alpha value is -2.16. The van der Waals surface area contributed by atoms with Crippen LogP contribution in [0.3, 0.4) is 0 Å². The summed E-state index contributed by atoms with van der Waals surface area (Å²) in [5, 5.41) is 6.16. The first kappa shape index (κ1) is 17.7. The number of amides is 1. The van der Waals surface area contributed by atoms with Crippen LogP contribution in [0.1, 0.15) is 47.4 Å². The molecule has 1 saturated carbocycles. The molecule has 3 rings (SSSR count). The lowest BCUT2D eigenvalue weighted by Crippen LogP contribution is -2.59. The highest BCUT2D eigenvalue weighted by Gasteiger charge is 2.52. The van der Waals surface area contributed by atoms with E-state index in [1.807, 2.05) is 0 Å². The largest absolute Gasteiger partial charge is 0.413 e. The number of nitrogens with one attached hydrogen (secondary N) is 1. The summed E-state index contributed by atoms with van der Waals surface area (Å²) in [6.07, 6.45) is -2.82. The van der Waals surface area contributed by atoms with Gasteiger partial charge in [-0.2, -0.15) is 13.2 Å². The molecule has 25 heavy (non-hydrogen) atoms. The van der Waals surface area contributed by atoms with Gasteiger partial charge < -0.3 is 14.6 Å². The van der Waals surface area contributed by atoms with Crippen molar-refractivity contribution in [3.63, 3.8) is 0 Å². The number of carbonyl (C=O) groups excluding carboxylic acids is 1. The average Bonchev–Trinajstić information content (AvgIpc) is 3.30. The Morgan fingerprint density at radius 2 is 2.12 bits per heavy atom. The van der Waals surface area contributed by atoms with E-state index in [0.29, 0.717) is 16.8 Å². The molecule has 2 aromatic rings. The highest BCUT2D eigenvalue weighted by Crippen LogP contribution is 2.40. The van der Waals surface area contributed by atoms with Gasteiger partial charge in [0.15, 0.2) is 5.54 Å². The average molecular weight is 357 g/mol.